The lowest BCUT2D eigenvalue weighted by molar-refractivity contribution is 0.0694. The van der Waals surface area contributed by atoms with Crippen LogP contribution in [0.2, 0.25) is 0 Å². The van der Waals surface area contributed by atoms with Crippen LogP contribution >= 0.6 is 27.7 Å². The van der Waals surface area contributed by atoms with E-state index in [0.717, 1.165) is 0 Å². The number of hydrogen-bond donors (Lipinski definition) is 1. The summed E-state index contributed by atoms with van der Waals surface area (Å²) in [4.78, 5) is 24.1. The molecule has 0 radical (unpaired) electrons. The van der Waals surface area contributed by atoms with Crippen molar-refractivity contribution in [2.45, 2.75) is 17.9 Å². The summed E-state index contributed by atoms with van der Waals surface area (Å²) >= 11 is 4.65. The molecule has 1 aromatic heterocycles. The Hall–Kier alpha value is -1.34. The van der Waals surface area contributed by atoms with Crippen LogP contribution in [0.5, 0.6) is 0 Å². The van der Waals surface area contributed by atoms with Crippen LogP contribution in [0.15, 0.2) is 26.3 Å². The van der Waals surface area contributed by atoms with Gasteiger partial charge in [0.25, 0.3) is 5.56 Å². The third kappa shape index (κ3) is 1.80. The van der Waals surface area contributed by atoms with Crippen LogP contribution in [0, 0.1) is 5.82 Å². The number of thioether (sulfide) groups is 1. The molecule has 0 fully saturated rings. The first kappa shape index (κ1) is 13.6. The molecule has 1 N–H and O–H groups in total. The molecule has 1 aliphatic rings. The third-order valence-electron chi connectivity index (χ3n) is 3.31. The van der Waals surface area contributed by atoms with Crippen LogP contribution in [0.4, 0.5) is 4.39 Å². The monoisotopic (exact) mass is 357 g/mol. The van der Waals surface area contributed by atoms with Crippen molar-refractivity contribution in [2.24, 2.45) is 0 Å². The van der Waals surface area contributed by atoms with Gasteiger partial charge >= 0.3 is 5.97 Å². The highest BCUT2D eigenvalue weighted by molar-refractivity contribution is 9.10. The van der Waals surface area contributed by atoms with Gasteiger partial charge in [-0.3, -0.25) is 4.79 Å². The smallest absolute Gasteiger partial charge is 0.341 e. The van der Waals surface area contributed by atoms with E-state index in [2.05, 4.69) is 15.9 Å². The summed E-state index contributed by atoms with van der Waals surface area (Å²) in [5.41, 5.74) is -0.279. The van der Waals surface area contributed by atoms with E-state index in [-0.39, 0.29) is 11.6 Å². The quantitative estimate of drug-likeness (QED) is 0.850. The minimum atomic E-state index is -1.30. The number of carboxylic acids is 1. The Bertz CT molecular complexity index is 818. The number of halogens is 2. The van der Waals surface area contributed by atoms with Crippen molar-refractivity contribution < 1.29 is 14.3 Å². The molecule has 1 aromatic carbocycles. The van der Waals surface area contributed by atoms with E-state index in [4.69, 9.17) is 5.11 Å². The van der Waals surface area contributed by atoms with E-state index in [1.807, 2.05) is 6.92 Å². The maximum atomic E-state index is 13.9. The number of nitrogens with zero attached hydrogens (tertiary/aromatic N) is 1. The zero-order valence-corrected chi connectivity index (χ0v) is 12.7. The van der Waals surface area contributed by atoms with Crippen molar-refractivity contribution in [3.63, 3.8) is 0 Å². The molecule has 20 heavy (non-hydrogen) atoms. The van der Waals surface area contributed by atoms with Crippen molar-refractivity contribution >= 4 is 44.6 Å². The molecule has 0 saturated carbocycles. The van der Waals surface area contributed by atoms with Crippen LogP contribution in [-0.2, 0) is 0 Å². The molecule has 4 nitrogen and oxygen atoms in total. The number of pyridine rings is 1. The fourth-order valence-electron chi connectivity index (χ4n) is 2.40. The molecule has 1 atom stereocenters. The molecule has 1 aliphatic heterocycles. The van der Waals surface area contributed by atoms with E-state index in [0.29, 0.717) is 26.0 Å². The number of carbonyl (C=O) groups is 1. The minimum Gasteiger partial charge on any atom is -0.477 e. The largest absolute Gasteiger partial charge is 0.477 e. The number of carboxylic acid groups (broad SMARTS) is 1. The second-order valence-corrected chi connectivity index (χ2v) is 6.46. The van der Waals surface area contributed by atoms with E-state index in [1.54, 1.807) is 0 Å². The fourth-order valence-corrected chi connectivity index (χ4v) is 4.18. The summed E-state index contributed by atoms with van der Waals surface area (Å²) in [5.74, 6) is -1.17. The first-order valence-electron chi connectivity index (χ1n) is 5.85. The topological polar surface area (TPSA) is 59.3 Å². The van der Waals surface area contributed by atoms with Gasteiger partial charge in [0.05, 0.1) is 9.99 Å². The van der Waals surface area contributed by atoms with Gasteiger partial charge in [0.2, 0.25) is 0 Å². The van der Waals surface area contributed by atoms with Crippen molar-refractivity contribution in [1.29, 1.82) is 0 Å². The Morgan fingerprint density at radius 3 is 2.90 bits per heavy atom. The fraction of sp³-hybridized carbons (Fsp3) is 0.231. The summed E-state index contributed by atoms with van der Waals surface area (Å²) in [6.45, 7) is 1.85. The molecule has 104 valence electrons. The molecular weight excluding hydrogens is 349 g/mol. The summed E-state index contributed by atoms with van der Waals surface area (Å²) < 4.78 is 15.7. The van der Waals surface area contributed by atoms with Crippen LogP contribution < -0.4 is 5.56 Å². The average Bonchev–Trinajstić information content (AvgIpc) is 2.39. The average molecular weight is 358 g/mol. The predicted molar refractivity (Wildman–Crippen MR) is 78.3 cm³/mol. The molecule has 0 bridgehead atoms. The minimum absolute atomic E-state index is 0.140. The normalized spacial score (nSPS) is 17.4. The molecular formula is C13H9BrFNO3S. The Morgan fingerprint density at radius 1 is 1.55 bits per heavy atom. The Kier molecular flexibility index (Phi) is 3.13. The van der Waals surface area contributed by atoms with Crippen molar-refractivity contribution in [1.82, 2.24) is 4.57 Å². The van der Waals surface area contributed by atoms with Crippen LogP contribution in [0.3, 0.4) is 0 Å². The highest BCUT2D eigenvalue weighted by Gasteiger charge is 2.26. The second-order valence-electron chi connectivity index (χ2n) is 4.64. The van der Waals surface area contributed by atoms with Gasteiger partial charge in [-0.05, 0) is 35.0 Å². The van der Waals surface area contributed by atoms with Crippen molar-refractivity contribution in [3.8, 4) is 0 Å². The van der Waals surface area contributed by atoms with Crippen LogP contribution in [0.1, 0.15) is 23.3 Å². The number of aromatic carboxylic acids is 1. The molecule has 0 unspecified atom stereocenters. The first-order chi connectivity index (χ1) is 9.41. The van der Waals surface area contributed by atoms with Crippen LogP contribution in [-0.4, -0.2) is 21.4 Å². The van der Waals surface area contributed by atoms with Gasteiger partial charge in [-0.15, -0.1) is 11.8 Å². The Morgan fingerprint density at radius 2 is 2.25 bits per heavy atom. The lowest BCUT2D eigenvalue weighted by Crippen LogP contribution is -2.31. The van der Waals surface area contributed by atoms with Gasteiger partial charge < -0.3 is 9.67 Å². The standard InChI is InChI=1S/C13H9BrFNO3S/c1-5-4-20-11-9(14)8(15)3-6-2-7(13(18)19)12(17)16(5)10(6)11/h2-3,5H,4H2,1H3,(H,18,19)/t5-/m0/s1. The van der Waals surface area contributed by atoms with Crippen LogP contribution in [0.25, 0.3) is 10.9 Å². The predicted octanol–water partition coefficient (Wildman–Crippen LogP) is 3.27. The number of aromatic nitrogens is 1. The first-order valence-corrected chi connectivity index (χ1v) is 7.63. The maximum absolute atomic E-state index is 13.9. The molecule has 2 heterocycles. The molecule has 0 spiro atoms. The van der Waals surface area contributed by atoms with Crippen molar-refractivity contribution in [2.75, 3.05) is 5.75 Å². The number of benzene rings is 1. The Balaban J connectivity index is 2.57. The van der Waals surface area contributed by atoms with Crippen molar-refractivity contribution in [3.05, 3.63) is 38.3 Å². The lowest BCUT2D eigenvalue weighted by Gasteiger charge is -2.26. The number of rotatable bonds is 1. The summed E-state index contributed by atoms with van der Waals surface area (Å²) in [6.07, 6.45) is 0. The SMILES string of the molecule is C[C@H]1CSc2c(Br)c(F)cc3cc(C(=O)O)c(=O)n1c23. The third-order valence-corrected chi connectivity index (χ3v) is 5.68. The van der Waals surface area contributed by atoms with E-state index in [9.17, 15) is 14.0 Å². The van der Waals surface area contributed by atoms with Gasteiger partial charge in [-0.2, -0.15) is 0 Å². The molecule has 7 heteroatoms. The van der Waals surface area contributed by atoms with Gasteiger partial charge in [0.1, 0.15) is 11.4 Å². The highest BCUT2D eigenvalue weighted by Crippen LogP contribution is 2.41. The lowest BCUT2D eigenvalue weighted by atomic mass is 10.1. The molecule has 2 aromatic rings. The molecule has 0 saturated heterocycles. The maximum Gasteiger partial charge on any atom is 0.341 e. The highest BCUT2D eigenvalue weighted by atomic mass is 79.9. The molecule has 0 aliphatic carbocycles. The Labute approximate surface area is 125 Å². The summed E-state index contributed by atoms with van der Waals surface area (Å²) in [5, 5.41) is 9.55. The van der Waals surface area contributed by atoms with E-state index >= 15 is 0 Å². The zero-order chi connectivity index (χ0) is 14.6. The summed E-state index contributed by atoms with van der Waals surface area (Å²) in [7, 11) is 0. The van der Waals surface area contributed by atoms with Gasteiger partial charge in [0.15, 0.2) is 0 Å². The molecule has 3 rings (SSSR count). The summed E-state index contributed by atoms with van der Waals surface area (Å²) in [6, 6.07) is 2.36. The van der Waals surface area contributed by atoms with E-state index in [1.165, 1.54) is 28.5 Å². The van der Waals surface area contributed by atoms with Gasteiger partial charge in [-0.1, -0.05) is 0 Å². The van der Waals surface area contributed by atoms with Gasteiger partial charge in [-0.25, -0.2) is 9.18 Å². The zero-order valence-electron chi connectivity index (χ0n) is 10.3. The second kappa shape index (κ2) is 4.60. The number of hydrogen-bond acceptors (Lipinski definition) is 3. The van der Waals surface area contributed by atoms with Gasteiger partial charge in [0, 0.05) is 22.1 Å². The molecule has 0 amide bonds. The van der Waals surface area contributed by atoms with E-state index < -0.39 is 17.3 Å².